The zero-order chi connectivity index (χ0) is 25.4. The number of hydrogen-bond donors (Lipinski definition) is 1. The van der Waals surface area contributed by atoms with Gasteiger partial charge in [-0.3, -0.25) is 19.2 Å². The molecule has 0 aliphatic carbocycles. The number of carbonyl (C=O) groups is 1. The van der Waals surface area contributed by atoms with Gasteiger partial charge in [-0.05, 0) is 71.8 Å². The Bertz CT molecular complexity index is 1310. The van der Waals surface area contributed by atoms with Gasteiger partial charge in [-0.15, -0.1) is 0 Å². The van der Waals surface area contributed by atoms with Crippen molar-refractivity contribution in [3.8, 4) is 5.75 Å². The molecule has 3 aromatic carbocycles. The first-order chi connectivity index (χ1) is 16.6. The molecular weight excluding hydrogens is 540 g/mol. The van der Waals surface area contributed by atoms with E-state index in [4.69, 9.17) is 4.74 Å². The van der Waals surface area contributed by atoms with Gasteiger partial charge < -0.3 is 4.74 Å². The number of sulfonamides is 1. The van der Waals surface area contributed by atoms with E-state index in [1.54, 1.807) is 60.7 Å². The predicted molar refractivity (Wildman–Crippen MR) is 136 cm³/mol. The Labute approximate surface area is 210 Å². The lowest BCUT2D eigenvalue weighted by Gasteiger charge is -2.21. The number of halogens is 1. The summed E-state index contributed by atoms with van der Waals surface area (Å²) in [5, 5.41) is 14.6. The SMILES string of the molecule is CS(=O)(=O)N(CC(=O)N/N=C\c1ccc(OCc2ccc([N+](=O)[O-])cc2)cc1)c1ccc(Br)cc1. The molecule has 0 saturated carbocycles. The molecule has 0 fully saturated rings. The number of anilines is 1. The molecule has 0 aromatic heterocycles. The molecule has 0 spiro atoms. The minimum atomic E-state index is -3.68. The van der Waals surface area contributed by atoms with Gasteiger partial charge in [-0.25, -0.2) is 13.8 Å². The summed E-state index contributed by atoms with van der Waals surface area (Å²) in [6.45, 7) is -0.177. The van der Waals surface area contributed by atoms with E-state index < -0.39 is 27.4 Å². The third-order valence-corrected chi connectivity index (χ3v) is 6.31. The molecule has 35 heavy (non-hydrogen) atoms. The van der Waals surface area contributed by atoms with Gasteiger partial charge in [0.25, 0.3) is 11.6 Å². The molecule has 0 saturated heterocycles. The highest BCUT2D eigenvalue weighted by Crippen LogP contribution is 2.20. The number of nitrogens with zero attached hydrogens (tertiary/aromatic N) is 3. The summed E-state index contributed by atoms with van der Waals surface area (Å²) in [5.41, 5.74) is 4.17. The largest absolute Gasteiger partial charge is 0.489 e. The van der Waals surface area contributed by atoms with Crippen LogP contribution in [0.25, 0.3) is 0 Å². The number of amides is 1. The maximum absolute atomic E-state index is 12.3. The van der Waals surface area contributed by atoms with Crippen LogP contribution in [0, 0.1) is 10.1 Å². The lowest BCUT2D eigenvalue weighted by molar-refractivity contribution is -0.384. The van der Waals surface area contributed by atoms with Gasteiger partial charge in [0.15, 0.2) is 0 Å². The number of ether oxygens (including phenoxy) is 1. The summed E-state index contributed by atoms with van der Waals surface area (Å²) >= 11 is 3.29. The van der Waals surface area contributed by atoms with Crippen molar-refractivity contribution in [2.75, 3.05) is 17.1 Å². The Balaban J connectivity index is 1.52. The normalized spacial score (nSPS) is 11.3. The molecule has 0 atom stereocenters. The molecule has 1 N–H and O–H groups in total. The summed E-state index contributed by atoms with van der Waals surface area (Å²) in [7, 11) is -3.68. The number of rotatable bonds is 10. The van der Waals surface area contributed by atoms with Crippen molar-refractivity contribution in [2.24, 2.45) is 5.10 Å². The Morgan fingerprint density at radius 2 is 1.71 bits per heavy atom. The number of nitro groups is 1. The highest BCUT2D eigenvalue weighted by Gasteiger charge is 2.20. The fraction of sp³-hybridized carbons (Fsp3) is 0.130. The summed E-state index contributed by atoms with van der Waals surface area (Å²) in [4.78, 5) is 22.5. The highest BCUT2D eigenvalue weighted by atomic mass is 79.9. The van der Waals surface area contributed by atoms with E-state index >= 15 is 0 Å². The standard InChI is InChI=1S/C23H21BrN4O6S/c1-35(32,33)27(20-10-6-19(24)7-11-20)15-23(29)26-25-14-17-4-12-22(13-5-17)34-16-18-2-8-21(9-3-18)28(30)31/h2-14H,15-16H2,1H3,(H,26,29)/b25-14-. The zero-order valence-corrected chi connectivity index (χ0v) is 20.9. The van der Waals surface area contributed by atoms with Crippen molar-refractivity contribution in [3.05, 3.63) is 98.5 Å². The van der Waals surface area contributed by atoms with Gasteiger partial charge in [-0.1, -0.05) is 15.9 Å². The van der Waals surface area contributed by atoms with E-state index in [0.29, 0.717) is 17.0 Å². The van der Waals surface area contributed by atoms with Crippen LogP contribution in [0.1, 0.15) is 11.1 Å². The quantitative estimate of drug-likeness (QED) is 0.227. The lowest BCUT2D eigenvalue weighted by Crippen LogP contribution is -2.38. The molecule has 0 radical (unpaired) electrons. The second-order valence-corrected chi connectivity index (χ2v) is 10.1. The molecule has 0 unspecified atom stereocenters. The fourth-order valence-corrected chi connectivity index (χ4v) is 4.00. The van der Waals surface area contributed by atoms with Crippen molar-refractivity contribution < 1.29 is 22.9 Å². The summed E-state index contributed by atoms with van der Waals surface area (Å²) in [6.07, 6.45) is 2.44. The first-order valence-corrected chi connectivity index (χ1v) is 12.8. The van der Waals surface area contributed by atoms with E-state index in [-0.39, 0.29) is 12.3 Å². The zero-order valence-electron chi connectivity index (χ0n) is 18.5. The molecular formula is C23H21BrN4O6S. The minimum absolute atomic E-state index is 0.0156. The number of nitro benzene ring substituents is 1. The van der Waals surface area contributed by atoms with E-state index in [9.17, 15) is 23.3 Å². The Morgan fingerprint density at radius 3 is 2.29 bits per heavy atom. The Morgan fingerprint density at radius 1 is 1.09 bits per heavy atom. The van der Waals surface area contributed by atoms with Gasteiger partial charge in [0.2, 0.25) is 10.0 Å². The van der Waals surface area contributed by atoms with Crippen molar-refractivity contribution in [3.63, 3.8) is 0 Å². The maximum Gasteiger partial charge on any atom is 0.269 e. The van der Waals surface area contributed by atoms with Gasteiger partial charge in [-0.2, -0.15) is 5.10 Å². The number of carbonyl (C=O) groups excluding carboxylic acids is 1. The van der Waals surface area contributed by atoms with Crippen LogP contribution in [0.5, 0.6) is 5.75 Å². The second-order valence-electron chi connectivity index (χ2n) is 7.32. The molecule has 12 heteroatoms. The average molecular weight is 561 g/mol. The number of non-ortho nitro benzene ring substituents is 1. The number of hydrogen-bond acceptors (Lipinski definition) is 7. The van der Waals surface area contributed by atoms with Gasteiger partial charge in [0.05, 0.1) is 23.1 Å². The third kappa shape index (κ3) is 7.90. The fourth-order valence-electron chi connectivity index (χ4n) is 2.88. The molecule has 0 aliphatic rings. The van der Waals surface area contributed by atoms with Crippen LogP contribution in [0.3, 0.4) is 0 Å². The highest BCUT2D eigenvalue weighted by molar-refractivity contribution is 9.10. The molecule has 0 heterocycles. The summed E-state index contributed by atoms with van der Waals surface area (Å²) < 4.78 is 31.7. The van der Waals surface area contributed by atoms with Crippen LogP contribution in [0.4, 0.5) is 11.4 Å². The van der Waals surface area contributed by atoms with E-state index in [1.165, 1.54) is 18.3 Å². The molecule has 0 aliphatic heterocycles. The maximum atomic E-state index is 12.3. The first kappa shape index (κ1) is 25.8. The number of benzene rings is 3. The van der Waals surface area contributed by atoms with Crippen molar-refractivity contribution in [2.45, 2.75) is 6.61 Å². The van der Waals surface area contributed by atoms with Crippen molar-refractivity contribution >= 4 is 49.4 Å². The minimum Gasteiger partial charge on any atom is -0.489 e. The molecule has 10 nitrogen and oxygen atoms in total. The van der Waals surface area contributed by atoms with E-state index in [2.05, 4.69) is 26.5 Å². The monoisotopic (exact) mass is 560 g/mol. The van der Waals surface area contributed by atoms with Crippen LogP contribution in [0.15, 0.2) is 82.4 Å². The molecule has 3 rings (SSSR count). The smallest absolute Gasteiger partial charge is 0.269 e. The van der Waals surface area contributed by atoms with Gasteiger partial charge in [0.1, 0.15) is 18.9 Å². The van der Waals surface area contributed by atoms with Gasteiger partial charge >= 0.3 is 0 Å². The van der Waals surface area contributed by atoms with Crippen LogP contribution >= 0.6 is 15.9 Å². The summed E-state index contributed by atoms with van der Waals surface area (Å²) in [6, 6.07) is 19.5. The predicted octanol–water partition coefficient (Wildman–Crippen LogP) is 3.85. The van der Waals surface area contributed by atoms with E-state index in [0.717, 1.165) is 20.6 Å². The topological polar surface area (TPSA) is 131 Å². The summed E-state index contributed by atoms with van der Waals surface area (Å²) in [5.74, 6) is -0.0134. The van der Waals surface area contributed by atoms with Crippen molar-refractivity contribution in [1.29, 1.82) is 0 Å². The van der Waals surface area contributed by atoms with Crippen LogP contribution in [-0.4, -0.2) is 38.3 Å². The van der Waals surface area contributed by atoms with Crippen LogP contribution in [-0.2, 0) is 21.4 Å². The third-order valence-electron chi connectivity index (χ3n) is 4.64. The second kappa shape index (κ2) is 11.6. The molecule has 0 bridgehead atoms. The Hall–Kier alpha value is -3.77. The van der Waals surface area contributed by atoms with Crippen LogP contribution in [0.2, 0.25) is 0 Å². The molecule has 182 valence electrons. The first-order valence-electron chi connectivity index (χ1n) is 10.1. The van der Waals surface area contributed by atoms with Crippen molar-refractivity contribution in [1.82, 2.24) is 5.43 Å². The molecule has 3 aromatic rings. The lowest BCUT2D eigenvalue weighted by atomic mass is 10.2. The van der Waals surface area contributed by atoms with Crippen LogP contribution < -0.4 is 14.5 Å². The average Bonchev–Trinajstić information content (AvgIpc) is 2.82. The van der Waals surface area contributed by atoms with E-state index in [1.807, 2.05) is 0 Å². The Kier molecular flexibility index (Phi) is 8.55. The number of hydrazone groups is 1. The molecule has 1 amide bonds. The van der Waals surface area contributed by atoms with Gasteiger partial charge in [0, 0.05) is 16.6 Å². The number of nitrogens with one attached hydrogen (secondary N) is 1.